The Labute approximate surface area is 236 Å². The van der Waals surface area contributed by atoms with Gasteiger partial charge in [0, 0.05) is 18.7 Å². The van der Waals surface area contributed by atoms with Crippen molar-refractivity contribution in [2.75, 3.05) is 25.1 Å². The predicted octanol–water partition coefficient (Wildman–Crippen LogP) is 2.78. The van der Waals surface area contributed by atoms with Gasteiger partial charge >= 0.3 is 5.97 Å². The highest BCUT2D eigenvalue weighted by Crippen LogP contribution is 2.36. The zero-order chi connectivity index (χ0) is 28.9. The minimum Gasteiger partial charge on any atom is -0.493 e. The van der Waals surface area contributed by atoms with Gasteiger partial charge in [0.25, 0.3) is 0 Å². The normalized spacial score (nSPS) is 20.4. The molecule has 6 N–H and O–H groups in total. The summed E-state index contributed by atoms with van der Waals surface area (Å²) in [5.41, 5.74) is 3.80. The Hall–Kier alpha value is -4.00. The highest BCUT2D eigenvalue weighted by molar-refractivity contribution is 5.90. The summed E-state index contributed by atoms with van der Waals surface area (Å²) in [7, 11) is 0. The van der Waals surface area contributed by atoms with E-state index in [4.69, 9.17) is 14.6 Å². The lowest BCUT2D eigenvalue weighted by atomic mass is 10.0. The Morgan fingerprint density at radius 1 is 1.00 bits per heavy atom. The van der Waals surface area contributed by atoms with E-state index in [1.54, 1.807) is 16.7 Å². The number of para-hydroxylation sites is 2. The molecule has 4 aromatic rings. The number of aromatic carboxylic acids is 1. The molecule has 216 valence electrons. The second kappa shape index (κ2) is 12.7. The van der Waals surface area contributed by atoms with Crippen LogP contribution in [0.4, 0.5) is 5.95 Å². The third-order valence-electron chi connectivity index (χ3n) is 7.09. The number of carboxylic acids is 1. The number of rotatable bonds is 12. The molecule has 5 rings (SSSR count). The van der Waals surface area contributed by atoms with Crippen molar-refractivity contribution in [2.24, 2.45) is 0 Å². The molecule has 3 aromatic carbocycles. The third kappa shape index (κ3) is 6.04. The molecule has 1 saturated heterocycles. The SMILES string of the molecule is O=C(O)c1cccc(-c2ccc(CNc3nc4ccccc4n3[C@@H]3O[C@H](CO)[C@@H](O)[C@H]3O)cc2OCCCCO)c1. The minimum absolute atomic E-state index is 0.0668. The first kappa shape index (κ1) is 28.5. The average Bonchev–Trinajstić information content (AvgIpc) is 3.50. The standard InChI is InChI=1S/C30H33N3O8/c34-12-3-4-13-40-24-14-18(10-11-21(24)19-6-5-7-20(15-19)29(38)39)16-31-30-32-22-8-1-2-9-23(22)33(30)28-27(37)26(36)25(17-35)41-28/h1-2,5-11,14-15,25-28,34-37H,3-4,12-13,16-17H2,(H,31,32)(H,38,39)/t25-,26-,27-,28-/m1/s1. The summed E-state index contributed by atoms with van der Waals surface area (Å²) in [6, 6.07) is 19.6. The third-order valence-corrected chi connectivity index (χ3v) is 7.09. The summed E-state index contributed by atoms with van der Waals surface area (Å²) in [6.07, 6.45) is -3.17. The fraction of sp³-hybridized carbons (Fsp3) is 0.333. The predicted molar refractivity (Wildman–Crippen MR) is 151 cm³/mol. The lowest BCUT2D eigenvalue weighted by molar-refractivity contribution is -0.0499. The molecule has 0 unspecified atom stereocenters. The molecule has 0 spiro atoms. The van der Waals surface area contributed by atoms with Crippen LogP contribution in [0.15, 0.2) is 66.7 Å². The van der Waals surface area contributed by atoms with E-state index in [0.29, 0.717) is 54.3 Å². The van der Waals surface area contributed by atoms with E-state index < -0.39 is 37.1 Å². The van der Waals surface area contributed by atoms with E-state index in [1.165, 1.54) is 6.07 Å². The first-order valence-electron chi connectivity index (χ1n) is 13.4. The quantitative estimate of drug-likeness (QED) is 0.141. The lowest BCUT2D eigenvalue weighted by Gasteiger charge is -2.20. The average molecular weight is 564 g/mol. The summed E-state index contributed by atoms with van der Waals surface area (Å²) in [6.45, 7) is 0.328. The summed E-state index contributed by atoms with van der Waals surface area (Å²) in [5, 5.41) is 52.5. The summed E-state index contributed by atoms with van der Waals surface area (Å²) >= 11 is 0. The molecule has 0 saturated carbocycles. The first-order chi connectivity index (χ1) is 19.9. The van der Waals surface area contributed by atoms with Crippen molar-refractivity contribution in [2.45, 2.75) is 43.9 Å². The summed E-state index contributed by atoms with van der Waals surface area (Å²) in [5.74, 6) is -0.0402. The molecule has 0 radical (unpaired) electrons. The number of carboxylic acid groups (broad SMARTS) is 1. The number of carbonyl (C=O) groups is 1. The van der Waals surface area contributed by atoms with Gasteiger partial charge in [-0.2, -0.15) is 0 Å². The fourth-order valence-electron chi connectivity index (χ4n) is 4.95. The van der Waals surface area contributed by atoms with Gasteiger partial charge in [-0.3, -0.25) is 4.57 Å². The Morgan fingerprint density at radius 3 is 2.59 bits per heavy atom. The number of unbranched alkanes of at least 4 members (excludes halogenated alkanes) is 1. The van der Waals surface area contributed by atoms with Gasteiger partial charge in [0.2, 0.25) is 5.95 Å². The van der Waals surface area contributed by atoms with Crippen LogP contribution in [-0.4, -0.2) is 79.2 Å². The molecule has 1 aliphatic rings. The van der Waals surface area contributed by atoms with Gasteiger partial charge in [0.15, 0.2) is 6.23 Å². The van der Waals surface area contributed by atoms with Gasteiger partial charge in [-0.15, -0.1) is 0 Å². The highest BCUT2D eigenvalue weighted by Gasteiger charge is 2.44. The number of hydrogen-bond donors (Lipinski definition) is 6. The van der Waals surface area contributed by atoms with Crippen LogP contribution in [0.25, 0.3) is 22.2 Å². The van der Waals surface area contributed by atoms with Crippen molar-refractivity contribution in [3.8, 4) is 16.9 Å². The van der Waals surface area contributed by atoms with Crippen LogP contribution < -0.4 is 10.1 Å². The van der Waals surface area contributed by atoms with Crippen LogP contribution in [0, 0.1) is 0 Å². The monoisotopic (exact) mass is 563 g/mol. The van der Waals surface area contributed by atoms with Crippen molar-refractivity contribution < 1.29 is 39.8 Å². The van der Waals surface area contributed by atoms with Crippen LogP contribution in [0.3, 0.4) is 0 Å². The Balaban J connectivity index is 1.44. The van der Waals surface area contributed by atoms with Crippen molar-refractivity contribution in [3.63, 3.8) is 0 Å². The molecule has 1 aliphatic heterocycles. The second-order valence-corrected chi connectivity index (χ2v) is 9.87. The van der Waals surface area contributed by atoms with Gasteiger partial charge in [0.05, 0.1) is 29.8 Å². The van der Waals surface area contributed by atoms with Crippen molar-refractivity contribution in [3.05, 3.63) is 77.9 Å². The molecule has 2 heterocycles. The van der Waals surface area contributed by atoms with Crippen molar-refractivity contribution >= 4 is 23.0 Å². The maximum atomic E-state index is 11.5. The number of hydrogen-bond acceptors (Lipinski definition) is 9. The van der Waals surface area contributed by atoms with Gasteiger partial charge < -0.3 is 40.3 Å². The first-order valence-corrected chi connectivity index (χ1v) is 13.4. The molecule has 4 atom stereocenters. The topological polar surface area (TPSA) is 167 Å². The maximum absolute atomic E-state index is 11.5. The number of aliphatic hydroxyl groups is 4. The number of benzene rings is 3. The largest absolute Gasteiger partial charge is 0.493 e. The van der Waals surface area contributed by atoms with E-state index in [9.17, 15) is 25.2 Å². The Kier molecular flexibility index (Phi) is 8.81. The number of nitrogens with zero attached hydrogens (tertiary/aromatic N) is 2. The number of aromatic nitrogens is 2. The number of ether oxygens (including phenoxy) is 2. The van der Waals surface area contributed by atoms with Crippen LogP contribution in [0.1, 0.15) is 35.0 Å². The molecular weight excluding hydrogens is 530 g/mol. The smallest absolute Gasteiger partial charge is 0.335 e. The Bertz CT molecular complexity index is 1510. The van der Waals surface area contributed by atoms with E-state index in [0.717, 1.165) is 11.1 Å². The van der Waals surface area contributed by atoms with Crippen LogP contribution in [0.5, 0.6) is 5.75 Å². The fourth-order valence-corrected chi connectivity index (χ4v) is 4.95. The van der Waals surface area contributed by atoms with Crippen LogP contribution >= 0.6 is 0 Å². The molecule has 0 amide bonds. The number of fused-ring (bicyclic) bond motifs is 1. The summed E-state index contributed by atoms with van der Waals surface area (Å²) < 4.78 is 13.6. The molecule has 1 aromatic heterocycles. The molecule has 1 fully saturated rings. The van der Waals surface area contributed by atoms with Gasteiger partial charge in [-0.25, -0.2) is 9.78 Å². The van der Waals surface area contributed by atoms with Crippen molar-refractivity contribution in [1.82, 2.24) is 9.55 Å². The van der Waals surface area contributed by atoms with Crippen LogP contribution in [-0.2, 0) is 11.3 Å². The van der Waals surface area contributed by atoms with Gasteiger partial charge in [-0.1, -0.05) is 36.4 Å². The molecular formula is C30H33N3O8. The second-order valence-electron chi connectivity index (χ2n) is 9.87. The minimum atomic E-state index is -1.27. The van der Waals surface area contributed by atoms with Gasteiger partial charge in [0.1, 0.15) is 24.1 Å². The zero-order valence-electron chi connectivity index (χ0n) is 22.3. The Morgan fingerprint density at radius 2 is 1.83 bits per heavy atom. The summed E-state index contributed by atoms with van der Waals surface area (Å²) in [4.78, 5) is 16.2. The van der Waals surface area contributed by atoms with Crippen LogP contribution in [0.2, 0.25) is 0 Å². The molecule has 0 bridgehead atoms. The van der Waals surface area contributed by atoms with E-state index >= 15 is 0 Å². The molecule has 0 aliphatic carbocycles. The molecule has 11 nitrogen and oxygen atoms in total. The van der Waals surface area contributed by atoms with E-state index in [1.807, 2.05) is 48.5 Å². The van der Waals surface area contributed by atoms with Gasteiger partial charge in [-0.05, 0) is 54.3 Å². The van der Waals surface area contributed by atoms with Crippen molar-refractivity contribution in [1.29, 1.82) is 0 Å². The maximum Gasteiger partial charge on any atom is 0.335 e. The number of anilines is 1. The molecule has 11 heteroatoms. The highest BCUT2D eigenvalue weighted by atomic mass is 16.6. The zero-order valence-corrected chi connectivity index (χ0v) is 22.3. The lowest BCUT2D eigenvalue weighted by Crippen LogP contribution is -2.33. The molecule has 41 heavy (non-hydrogen) atoms. The number of nitrogens with one attached hydrogen (secondary N) is 1. The van der Waals surface area contributed by atoms with E-state index in [2.05, 4.69) is 10.3 Å². The van der Waals surface area contributed by atoms with E-state index in [-0.39, 0.29) is 12.2 Å². The number of aliphatic hydroxyl groups excluding tert-OH is 4. The number of imidazole rings is 1.